The van der Waals surface area contributed by atoms with Crippen LogP contribution in [0.3, 0.4) is 0 Å². The average molecular weight is 484 g/mol. The number of amidine groups is 1. The highest BCUT2D eigenvalue weighted by Gasteiger charge is 2.14. The number of rotatable bonds is 6. The van der Waals surface area contributed by atoms with E-state index >= 15 is 0 Å². The Balaban J connectivity index is 1.48. The van der Waals surface area contributed by atoms with Gasteiger partial charge in [-0.15, -0.1) is 0 Å². The predicted molar refractivity (Wildman–Crippen MR) is 147 cm³/mol. The van der Waals surface area contributed by atoms with Gasteiger partial charge in [-0.2, -0.15) is 0 Å². The summed E-state index contributed by atoms with van der Waals surface area (Å²) < 4.78 is 0. The quantitative estimate of drug-likeness (QED) is 0.174. The minimum atomic E-state index is -0.151. The molecule has 0 unspecified atom stereocenters. The van der Waals surface area contributed by atoms with Crippen LogP contribution in [-0.4, -0.2) is 55.1 Å². The zero-order valence-electron chi connectivity index (χ0n) is 20.8. The van der Waals surface area contributed by atoms with Crippen molar-refractivity contribution in [2.75, 3.05) is 43.4 Å². The molecular weight excluding hydrogens is 450 g/mol. The van der Waals surface area contributed by atoms with Gasteiger partial charge in [0.1, 0.15) is 5.84 Å². The van der Waals surface area contributed by atoms with Gasteiger partial charge in [0.05, 0.1) is 0 Å². The average Bonchev–Trinajstić information content (AvgIpc) is 3.12. The lowest BCUT2D eigenvalue weighted by Crippen LogP contribution is -2.28. The fraction of sp³-hybridized carbons (Fsp3) is 0.241. The Morgan fingerprint density at radius 2 is 1.75 bits per heavy atom. The van der Waals surface area contributed by atoms with Gasteiger partial charge in [-0.25, -0.2) is 0 Å². The number of hydroxylamine groups is 1. The van der Waals surface area contributed by atoms with E-state index in [2.05, 4.69) is 22.2 Å². The highest BCUT2D eigenvalue weighted by Crippen LogP contribution is 2.23. The lowest BCUT2D eigenvalue weighted by Gasteiger charge is -2.23. The molecule has 7 heteroatoms. The van der Waals surface area contributed by atoms with Crippen LogP contribution in [0.4, 0.5) is 11.4 Å². The minimum absolute atomic E-state index is 0.0669. The molecule has 3 aromatic carbocycles. The fourth-order valence-corrected chi connectivity index (χ4v) is 4.29. The summed E-state index contributed by atoms with van der Waals surface area (Å²) in [7, 11) is 2.16. The molecular formula is C29H33N5O2. The summed E-state index contributed by atoms with van der Waals surface area (Å²) >= 11 is 0. The maximum absolute atomic E-state index is 13.1. The van der Waals surface area contributed by atoms with Gasteiger partial charge < -0.3 is 15.1 Å². The Morgan fingerprint density at radius 3 is 2.53 bits per heavy atom. The van der Waals surface area contributed by atoms with Crippen molar-refractivity contribution in [3.05, 3.63) is 94.5 Å². The molecule has 1 aliphatic rings. The first kappa shape index (κ1) is 25.2. The molecule has 1 saturated heterocycles. The van der Waals surface area contributed by atoms with Crippen molar-refractivity contribution in [1.82, 2.24) is 10.4 Å². The van der Waals surface area contributed by atoms with Gasteiger partial charge in [0.25, 0.3) is 5.91 Å². The molecule has 7 nitrogen and oxygen atoms in total. The zero-order valence-corrected chi connectivity index (χ0v) is 20.8. The normalized spacial score (nSPS) is 14.5. The molecule has 0 aromatic heterocycles. The first-order valence-corrected chi connectivity index (χ1v) is 12.2. The fourth-order valence-electron chi connectivity index (χ4n) is 4.29. The van der Waals surface area contributed by atoms with Gasteiger partial charge in [-0.3, -0.25) is 20.9 Å². The van der Waals surface area contributed by atoms with E-state index in [9.17, 15) is 4.79 Å². The number of anilines is 2. The summed E-state index contributed by atoms with van der Waals surface area (Å²) in [4.78, 5) is 17.8. The van der Waals surface area contributed by atoms with Crippen LogP contribution in [0.5, 0.6) is 0 Å². The molecule has 1 heterocycles. The third-order valence-corrected chi connectivity index (χ3v) is 6.41. The molecule has 1 amide bonds. The van der Waals surface area contributed by atoms with Crippen LogP contribution >= 0.6 is 0 Å². The van der Waals surface area contributed by atoms with Crippen LogP contribution in [0.1, 0.15) is 39.0 Å². The maximum atomic E-state index is 13.1. The Morgan fingerprint density at radius 1 is 0.944 bits per heavy atom. The van der Waals surface area contributed by atoms with Crippen LogP contribution in [0.2, 0.25) is 0 Å². The highest BCUT2D eigenvalue weighted by atomic mass is 16.5. The molecule has 186 valence electrons. The summed E-state index contributed by atoms with van der Waals surface area (Å²) in [5.41, 5.74) is 7.74. The van der Waals surface area contributed by atoms with E-state index in [0.29, 0.717) is 11.1 Å². The highest BCUT2D eigenvalue weighted by molar-refractivity contribution is 6.05. The number of nitrogens with zero attached hydrogens (tertiary/aromatic N) is 2. The molecule has 0 spiro atoms. The van der Waals surface area contributed by atoms with Gasteiger partial charge in [0, 0.05) is 42.1 Å². The first-order valence-electron chi connectivity index (χ1n) is 12.2. The number of nitrogens with one attached hydrogen (secondary N) is 3. The number of carbonyl (C=O) groups is 1. The standard InChI is InChI=1S/C29H33N5O2/c1-21-7-9-23(10-8-22-5-3-6-25(20-22)28(30)32-36)27(19-21)31-29(35)24-11-13-26(14-12-24)34-16-4-15-33(2)17-18-34/h3,5-14,19-20,36H,4,15-18H2,1-2H3,(H2,30,32)(H,31,35)/b10-8+. The Kier molecular flexibility index (Phi) is 8.15. The van der Waals surface area contributed by atoms with Crippen LogP contribution in [0.25, 0.3) is 12.2 Å². The van der Waals surface area contributed by atoms with Crippen LogP contribution in [0.15, 0.2) is 66.7 Å². The molecule has 4 N–H and O–H groups in total. The molecule has 0 radical (unpaired) electrons. The van der Waals surface area contributed by atoms with Crippen LogP contribution in [0, 0.1) is 12.3 Å². The number of carbonyl (C=O) groups excluding carboxylic acids is 1. The minimum Gasteiger partial charge on any atom is -0.370 e. The molecule has 36 heavy (non-hydrogen) atoms. The SMILES string of the molecule is Cc1ccc(/C=C/c2cccc(C(=N)NO)c2)c(NC(=O)c2ccc(N3CCCN(C)CC3)cc2)c1. The number of likely N-dealkylation sites (N-methyl/N-ethyl adjacent to an activating group) is 1. The topological polar surface area (TPSA) is 91.7 Å². The van der Waals surface area contributed by atoms with Crippen molar-refractivity contribution in [3.63, 3.8) is 0 Å². The van der Waals surface area contributed by atoms with E-state index in [0.717, 1.165) is 60.7 Å². The van der Waals surface area contributed by atoms with Crippen molar-refractivity contribution in [2.24, 2.45) is 0 Å². The summed E-state index contributed by atoms with van der Waals surface area (Å²) in [5, 5.41) is 19.8. The van der Waals surface area contributed by atoms with Crippen molar-refractivity contribution in [2.45, 2.75) is 13.3 Å². The van der Waals surface area contributed by atoms with E-state index < -0.39 is 0 Å². The Bertz CT molecular complexity index is 1250. The van der Waals surface area contributed by atoms with Crippen LogP contribution < -0.4 is 15.7 Å². The molecule has 0 saturated carbocycles. The molecule has 0 atom stereocenters. The molecule has 0 aliphatic carbocycles. The van der Waals surface area contributed by atoms with E-state index in [-0.39, 0.29) is 11.7 Å². The summed E-state index contributed by atoms with van der Waals surface area (Å²) in [6, 6.07) is 21.1. The van der Waals surface area contributed by atoms with Crippen LogP contribution in [-0.2, 0) is 0 Å². The lowest BCUT2D eigenvalue weighted by molar-refractivity contribution is 0.102. The Labute approximate surface area is 212 Å². The van der Waals surface area contributed by atoms with E-state index in [4.69, 9.17) is 10.6 Å². The Hall–Kier alpha value is -3.94. The molecule has 0 bridgehead atoms. The van der Waals surface area contributed by atoms with Gasteiger partial charge in [-0.05, 0) is 80.0 Å². The number of amides is 1. The predicted octanol–water partition coefficient (Wildman–Crippen LogP) is 4.86. The van der Waals surface area contributed by atoms with Crippen molar-refractivity contribution >= 4 is 35.3 Å². The third kappa shape index (κ3) is 6.38. The molecule has 3 aromatic rings. The van der Waals surface area contributed by atoms with Gasteiger partial charge >= 0.3 is 0 Å². The van der Waals surface area contributed by atoms with Crippen molar-refractivity contribution in [3.8, 4) is 0 Å². The van der Waals surface area contributed by atoms with Crippen molar-refractivity contribution < 1.29 is 10.0 Å². The van der Waals surface area contributed by atoms with Crippen molar-refractivity contribution in [1.29, 1.82) is 5.41 Å². The second kappa shape index (κ2) is 11.7. The first-order chi connectivity index (χ1) is 17.4. The van der Waals surface area contributed by atoms with Gasteiger partial charge in [0.15, 0.2) is 0 Å². The smallest absolute Gasteiger partial charge is 0.255 e. The summed E-state index contributed by atoms with van der Waals surface area (Å²) in [6.07, 6.45) is 4.99. The molecule has 4 rings (SSSR count). The number of hydrogen-bond acceptors (Lipinski definition) is 5. The van der Waals surface area contributed by atoms with E-state index in [1.807, 2.05) is 79.2 Å². The monoisotopic (exact) mass is 483 g/mol. The van der Waals surface area contributed by atoms with E-state index in [1.165, 1.54) is 0 Å². The summed E-state index contributed by atoms with van der Waals surface area (Å²) in [6.45, 7) is 6.15. The van der Waals surface area contributed by atoms with Gasteiger partial charge in [-0.1, -0.05) is 42.5 Å². The number of hydrogen-bond donors (Lipinski definition) is 4. The zero-order chi connectivity index (χ0) is 25.5. The lowest BCUT2D eigenvalue weighted by atomic mass is 10.1. The summed E-state index contributed by atoms with van der Waals surface area (Å²) in [5.74, 6) is -0.218. The van der Waals surface area contributed by atoms with Gasteiger partial charge in [0.2, 0.25) is 0 Å². The van der Waals surface area contributed by atoms with E-state index in [1.54, 1.807) is 12.1 Å². The molecule has 1 fully saturated rings. The molecule has 1 aliphatic heterocycles. The second-order valence-electron chi connectivity index (χ2n) is 9.18. The number of aryl methyl sites for hydroxylation is 1. The largest absolute Gasteiger partial charge is 0.370 e. The maximum Gasteiger partial charge on any atom is 0.255 e. The second-order valence-corrected chi connectivity index (χ2v) is 9.18. The number of benzene rings is 3. The third-order valence-electron chi connectivity index (χ3n) is 6.41.